The Balaban J connectivity index is 1.64. The van der Waals surface area contributed by atoms with Gasteiger partial charge < -0.3 is 5.32 Å². The molecule has 0 fully saturated rings. The van der Waals surface area contributed by atoms with E-state index in [0.717, 1.165) is 46.2 Å². The molecule has 29 heavy (non-hydrogen) atoms. The van der Waals surface area contributed by atoms with Crippen LogP contribution in [-0.4, -0.2) is 37.2 Å². The van der Waals surface area contributed by atoms with Gasteiger partial charge >= 0.3 is 0 Å². The van der Waals surface area contributed by atoms with E-state index in [-0.39, 0.29) is 11.4 Å². The lowest BCUT2D eigenvalue weighted by molar-refractivity contribution is -0.116. The molecule has 0 aliphatic heterocycles. The molecule has 0 bridgehead atoms. The summed E-state index contributed by atoms with van der Waals surface area (Å²) in [5, 5.41) is 4.84. The Bertz CT molecular complexity index is 1090. The maximum absolute atomic E-state index is 13.0. The van der Waals surface area contributed by atoms with Crippen LogP contribution >= 0.6 is 11.3 Å². The first kappa shape index (κ1) is 21.1. The fourth-order valence-electron chi connectivity index (χ4n) is 2.61. The summed E-state index contributed by atoms with van der Waals surface area (Å²) in [5.41, 5.74) is 2.90. The third-order valence-corrected chi connectivity index (χ3v) is 6.87. The number of nitrogens with one attached hydrogen (secondary N) is 1. The first-order chi connectivity index (χ1) is 13.8. The van der Waals surface area contributed by atoms with Crippen molar-refractivity contribution in [3.05, 3.63) is 65.3 Å². The average Bonchev–Trinajstić information content (AvgIpc) is 3.16. The van der Waals surface area contributed by atoms with Crippen molar-refractivity contribution in [1.29, 1.82) is 0 Å². The van der Waals surface area contributed by atoms with Crippen molar-refractivity contribution >= 4 is 32.4 Å². The number of anilines is 1. The van der Waals surface area contributed by atoms with Crippen LogP contribution in [0.15, 0.2) is 58.8 Å². The summed E-state index contributed by atoms with van der Waals surface area (Å²) < 4.78 is 38.9. The highest BCUT2D eigenvalue weighted by atomic mass is 32.2. The second-order valence-electron chi connectivity index (χ2n) is 6.35. The number of hydrogen-bond acceptors (Lipinski definition) is 5. The summed E-state index contributed by atoms with van der Waals surface area (Å²) in [4.78, 5) is 16.6. The number of carbonyl (C=O) groups is 1. The van der Waals surface area contributed by atoms with E-state index in [1.807, 2.05) is 29.6 Å². The molecule has 0 aliphatic carbocycles. The van der Waals surface area contributed by atoms with Gasteiger partial charge in [-0.15, -0.1) is 11.3 Å². The van der Waals surface area contributed by atoms with Crippen molar-refractivity contribution in [3.63, 3.8) is 0 Å². The first-order valence-corrected chi connectivity index (χ1v) is 11.2. The number of aryl methyl sites for hydroxylation is 1. The van der Waals surface area contributed by atoms with Gasteiger partial charge in [-0.2, -0.15) is 4.31 Å². The molecule has 0 saturated carbocycles. The van der Waals surface area contributed by atoms with Crippen LogP contribution in [-0.2, 0) is 21.2 Å². The molecule has 0 spiro atoms. The zero-order chi connectivity index (χ0) is 21.0. The van der Waals surface area contributed by atoms with Gasteiger partial charge in [-0.05, 0) is 36.2 Å². The lowest BCUT2D eigenvalue weighted by atomic mass is 10.1. The zero-order valence-corrected chi connectivity index (χ0v) is 17.6. The van der Waals surface area contributed by atoms with Gasteiger partial charge in [-0.1, -0.05) is 31.2 Å². The molecule has 1 amide bonds. The van der Waals surface area contributed by atoms with Crippen LogP contribution in [0, 0.1) is 5.82 Å². The highest BCUT2D eigenvalue weighted by molar-refractivity contribution is 7.89. The lowest BCUT2D eigenvalue weighted by Crippen LogP contribution is -2.34. The monoisotopic (exact) mass is 433 g/mol. The molecule has 6 nitrogen and oxygen atoms in total. The van der Waals surface area contributed by atoms with Crippen LogP contribution in [0.2, 0.25) is 0 Å². The largest absolute Gasteiger partial charge is 0.301 e. The van der Waals surface area contributed by atoms with Crippen molar-refractivity contribution in [2.45, 2.75) is 18.2 Å². The summed E-state index contributed by atoms with van der Waals surface area (Å²) in [7, 11) is -2.61. The van der Waals surface area contributed by atoms with E-state index in [0.29, 0.717) is 5.13 Å². The molecular formula is C20H20FN3O3S2. The number of likely N-dealkylation sites (N-methyl/N-ethyl adjacent to an activating group) is 1. The minimum absolute atomic E-state index is 0.0822. The van der Waals surface area contributed by atoms with Crippen molar-refractivity contribution in [2.75, 3.05) is 18.9 Å². The van der Waals surface area contributed by atoms with Gasteiger partial charge in [0.25, 0.3) is 0 Å². The van der Waals surface area contributed by atoms with E-state index in [2.05, 4.69) is 17.2 Å². The minimum Gasteiger partial charge on any atom is -0.301 e. The number of nitrogens with zero attached hydrogens (tertiary/aromatic N) is 2. The van der Waals surface area contributed by atoms with E-state index in [4.69, 9.17) is 0 Å². The number of sulfonamides is 1. The lowest BCUT2D eigenvalue weighted by Gasteiger charge is -2.16. The van der Waals surface area contributed by atoms with Crippen LogP contribution in [0.4, 0.5) is 9.52 Å². The Labute approximate surface area is 173 Å². The van der Waals surface area contributed by atoms with Gasteiger partial charge in [0.1, 0.15) is 5.82 Å². The standard InChI is InChI=1S/C20H20FN3O3S2/c1-3-14-4-6-15(7-5-14)18-13-28-20(22-18)23-19(25)12-24(2)29(26,27)17-10-8-16(21)9-11-17/h4-11,13H,3,12H2,1-2H3,(H,22,23,25). The molecule has 3 aromatic rings. The summed E-state index contributed by atoms with van der Waals surface area (Å²) in [6.07, 6.45) is 0.951. The van der Waals surface area contributed by atoms with E-state index >= 15 is 0 Å². The molecule has 1 heterocycles. The predicted molar refractivity (Wildman–Crippen MR) is 112 cm³/mol. The number of thiazole rings is 1. The fourth-order valence-corrected chi connectivity index (χ4v) is 4.47. The van der Waals surface area contributed by atoms with Crippen molar-refractivity contribution in [3.8, 4) is 11.3 Å². The molecule has 152 valence electrons. The predicted octanol–water partition coefficient (Wildman–Crippen LogP) is 3.77. The van der Waals surface area contributed by atoms with Gasteiger partial charge in [-0.25, -0.2) is 17.8 Å². The third kappa shape index (κ3) is 5.06. The number of aromatic nitrogens is 1. The van der Waals surface area contributed by atoms with Crippen molar-refractivity contribution in [1.82, 2.24) is 9.29 Å². The Hall–Kier alpha value is -2.62. The Morgan fingerprint density at radius 2 is 1.79 bits per heavy atom. The van der Waals surface area contributed by atoms with Gasteiger partial charge in [-0.3, -0.25) is 4.79 Å². The zero-order valence-electron chi connectivity index (χ0n) is 15.9. The number of halogens is 1. The third-order valence-electron chi connectivity index (χ3n) is 4.30. The van der Waals surface area contributed by atoms with Crippen molar-refractivity contribution in [2.24, 2.45) is 0 Å². The van der Waals surface area contributed by atoms with E-state index < -0.39 is 21.7 Å². The molecule has 0 aliphatic rings. The Morgan fingerprint density at radius 3 is 2.41 bits per heavy atom. The summed E-state index contributed by atoms with van der Waals surface area (Å²) in [6, 6.07) is 12.5. The van der Waals surface area contributed by atoms with Crippen LogP contribution in [0.1, 0.15) is 12.5 Å². The number of amides is 1. The SMILES string of the molecule is CCc1ccc(-c2csc(NC(=O)CN(C)S(=O)(=O)c3ccc(F)cc3)n2)cc1. The number of benzene rings is 2. The molecule has 0 atom stereocenters. The Morgan fingerprint density at radius 1 is 1.14 bits per heavy atom. The normalized spacial score (nSPS) is 11.6. The highest BCUT2D eigenvalue weighted by Gasteiger charge is 2.23. The van der Waals surface area contributed by atoms with Gasteiger partial charge in [0.15, 0.2) is 5.13 Å². The topological polar surface area (TPSA) is 79.4 Å². The number of carbonyl (C=O) groups excluding carboxylic acids is 1. The van der Waals surface area contributed by atoms with Gasteiger partial charge in [0, 0.05) is 18.0 Å². The molecule has 2 aromatic carbocycles. The molecular weight excluding hydrogens is 413 g/mol. The van der Waals surface area contributed by atoms with Gasteiger partial charge in [0.2, 0.25) is 15.9 Å². The highest BCUT2D eigenvalue weighted by Crippen LogP contribution is 2.25. The van der Waals surface area contributed by atoms with Crippen molar-refractivity contribution < 1.29 is 17.6 Å². The number of hydrogen-bond donors (Lipinski definition) is 1. The quantitative estimate of drug-likeness (QED) is 0.615. The first-order valence-electron chi connectivity index (χ1n) is 8.86. The second kappa shape index (κ2) is 8.81. The smallest absolute Gasteiger partial charge is 0.243 e. The van der Waals surface area contributed by atoms with E-state index in [9.17, 15) is 17.6 Å². The maximum atomic E-state index is 13.0. The van der Waals surface area contributed by atoms with Crippen LogP contribution in [0.25, 0.3) is 11.3 Å². The molecule has 1 N–H and O–H groups in total. The summed E-state index contributed by atoms with van der Waals surface area (Å²) in [5.74, 6) is -1.05. The second-order valence-corrected chi connectivity index (χ2v) is 9.25. The van der Waals surface area contributed by atoms with E-state index in [1.54, 1.807) is 0 Å². The fraction of sp³-hybridized carbons (Fsp3) is 0.200. The maximum Gasteiger partial charge on any atom is 0.243 e. The molecule has 0 saturated heterocycles. The number of rotatable bonds is 7. The van der Waals surface area contributed by atoms with E-state index in [1.165, 1.54) is 23.9 Å². The van der Waals surface area contributed by atoms with Crippen LogP contribution < -0.4 is 5.32 Å². The minimum atomic E-state index is -3.90. The van der Waals surface area contributed by atoms with Crippen LogP contribution in [0.3, 0.4) is 0 Å². The van der Waals surface area contributed by atoms with Gasteiger partial charge in [0.05, 0.1) is 17.1 Å². The summed E-state index contributed by atoms with van der Waals surface area (Å²) >= 11 is 1.26. The Kier molecular flexibility index (Phi) is 6.41. The van der Waals surface area contributed by atoms with Crippen LogP contribution in [0.5, 0.6) is 0 Å². The average molecular weight is 434 g/mol. The molecule has 0 radical (unpaired) electrons. The molecule has 3 rings (SSSR count). The molecule has 0 unspecified atom stereocenters. The molecule has 1 aromatic heterocycles. The summed E-state index contributed by atoms with van der Waals surface area (Å²) in [6.45, 7) is 1.69. The molecule has 9 heteroatoms.